The van der Waals surface area contributed by atoms with Gasteiger partial charge >= 0.3 is 0 Å². The second-order valence-electron chi connectivity index (χ2n) is 4.47. The van der Waals surface area contributed by atoms with E-state index in [9.17, 15) is 0 Å². The maximum absolute atomic E-state index is 5.89. The van der Waals surface area contributed by atoms with Crippen LogP contribution in [0.1, 0.15) is 31.5 Å². The van der Waals surface area contributed by atoms with Crippen molar-refractivity contribution in [3.63, 3.8) is 0 Å². The van der Waals surface area contributed by atoms with Gasteiger partial charge in [0.25, 0.3) is 0 Å². The van der Waals surface area contributed by atoms with Crippen molar-refractivity contribution in [3.05, 3.63) is 24.4 Å². The van der Waals surface area contributed by atoms with Crippen LogP contribution in [0.15, 0.2) is 17.2 Å². The van der Waals surface area contributed by atoms with Crippen LogP contribution < -0.4 is 5.32 Å². The zero-order valence-corrected chi connectivity index (χ0v) is 11.4. The maximum atomic E-state index is 5.89. The van der Waals surface area contributed by atoms with Crippen LogP contribution in [0.2, 0.25) is 0 Å². The molecule has 1 N–H and O–H groups in total. The lowest BCUT2D eigenvalue weighted by molar-refractivity contribution is -0.118. The van der Waals surface area contributed by atoms with E-state index in [1.54, 1.807) is 6.08 Å². The van der Waals surface area contributed by atoms with Gasteiger partial charge in [-0.1, -0.05) is 11.2 Å². The van der Waals surface area contributed by atoms with E-state index in [1.807, 2.05) is 6.92 Å². The smallest absolute Gasteiger partial charge is 0.240 e. The third-order valence-corrected chi connectivity index (χ3v) is 3.16. The summed E-state index contributed by atoms with van der Waals surface area (Å²) in [5.74, 6) is 1.20. The summed E-state index contributed by atoms with van der Waals surface area (Å²) in [7, 11) is 0. The predicted octanol–water partition coefficient (Wildman–Crippen LogP) is 1.39. The molecule has 0 spiro atoms. The normalized spacial score (nSPS) is 18.4. The standard InChI is InChI=1S/C13H21N3O3/c1-3-7-14-10-11-15-12(16-19-11)13(18-4-2)5-8-17-9-6-13/h3,14H,1,4-10H2,2H3. The number of ether oxygens (including phenoxy) is 2. The second-order valence-corrected chi connectivity index (χ2v) is 4.47. The number of nitrogens with one attached hydrogen (secondary N) is 1. The van der Waals surface area contributed by atoms with E-state index in [0.717, 1.165) is 12.8 Å². The molecule has 0 unspecified atom stereocenters. The van der Waals surface area contributed by atoms with Gasteiger partial charge in [-0.25, -0.2) is 0 Å². The highest BCUT2D eigenvalue weighted by atomic mass is 16.5. The Labute approximate surface area is 113 Å². The zero-order valence-electron chi connectivity index (χ0n) is 11.4. The highest BCUT2D eigenvalue weighted by Gasteiger charge is 2.39. The molecule has 0 aromatic carbocycles. The first-order valence-corrected chi connectivity index (χ1v) is 6.67. The summed E-state index contributed by atoms with van der Waals surface area (Å²) >= 11 is 0. The highest BCUT2D eigenvalue weighted by Crippen LogP contribution is 2.34. The van der Waals surface area contributed by atoms with E-state index in [0.29, 0.717) is 44.6 Å². The van der Waals surface area contributed by atoms with Crippen LogP contribution in [0.25, 0.3) is 0 Å². The Morgan fingerprint density at radius 1 is 1.47 bits per heavy atom. The van der Waals surface area contributed by atoms with Gasteiger partial charge in [-0.3, -0.25) is 0 Å². The minimum Gasteiger partial charge on any atom is -0.381 e. The Bertz CT molecular complexity index is 394. The van der Waals surface area contributed by atoms with Crippen molar-refractivity contribution >= 4 is 0 Å². The summed E-state index contributed by atoms with van der Waals surface area (Å²) in [5, 5.41) is 7.21. The first kappa shape index (κ1) is 14.2. The minimum atomic E-state index is -0.451. The van der Waals surface area contributed by atoms with E-state index < -0.39 is 5.60 Å². The molecule has 0 saturated carbocycles. The summed E-state index contributed by atoms with van der Waals surface area (Å²) < 4.78 is 16.5. The van der Waals surface area contributed by atoms with Gasteiger partial charge in [0, 0.05) is 39.2 Å². The van der Waals surface area contributed by atoms with Crippen LogP contribution in [0.4, 0.5) is 0 Å². The highest BCUT2D eigenvalue weighted by molar-refractivity contribution is 5.03. The molecule has 2 heterocycles. The van der Waals surface area contributed by atoms with Crippen LogP contribution in [0.3, 0.4) is 0 Å². The van der Waals surface area contributed by atoms with Crippen molar-refractivity contribution in [2.45, 2.75) is 31.9 Å². The Balaban J connectivity index is 2.06. The van der Waals surface area contributed by atoms with Gasteiger partial charge in [0.15, 0.2) is 0 Å². The van der Waals surface area contributed by atoms with Crippen molar-refractivity contribution in [1.29, 1.82) is 0 Å². The number of aromatic nitrogens is 2. The fourth-order valence-electron chi connectivity index (χ4n) is 2.20. The van der Waals surface area contributed by atoms with Crippen LogP contribution in [0.5, 0.6) is 0 Å². The van der Waals surface area contributed by atoms with E-state index in [4.69, 9.17) is 14.0 Å². The second kappa shape index (κ2) is 6.79. The Morgan fingerprint density at radius 2 is 2.26 bits per heavy atom. The van der Waals surface area contributed by atoms with Crippen LogP contribution in [-0.4, -0.2) is 36.5 Å². The summed E-state index contributed by atoms with van der Waals surface area (Å²) in [6, 6.07) is 0. The largest absolute Gasteiger partial charge is 0.381 e. The van der Waals surface area contributed by atoms with Crippen LogP contribution in [-0.2, 0) is 21.6 Å². The molecule has 0 amide bonds. The molecule has 6 nitrogen and oxygen atoms in total. The molecule has 0 atom stereocenters. The summed E-state index contributed by atoms with van der Waals surface area (Å²) in [6.07, 6.45) is 3.32. The lowest BCUT2D eigenvalue weighted by atomic mass is 9.93. The maximum Gasteiger partial charge on any atom is 0.240 e. The number of nitrogens with zero attached hydrogens (tertiary/aromatic N) is 2. The molecule has 19 heavy (non-hydrogen) atoms. The monoisotopic (exact) mass is 267 g/mol. The number of hydrogen-bond donors (Lipinski definition) is 1. The van der Waals surface area contributed by atoms with Gasteiger partial charge in [0.05, 0.1) is 6.54 Å². The van der Waals surface area contributed by atoms with Crippen molar-refractivity contribution in [2.24, 2.45) is 0 Å². The van der Waals surface area contributed by atoms with Crippen molar-refractivity contribution in [3.8, 4) is 0 Å². The van der Waals surface area contributed by atoms with Crippen LogP contribution >= 0.6 is 0 Å². The molecule has 1 aliphatic rings. The van der Waals surface area contributed by atoms with E-state index in [2.05, 4.69) is 22.0 Å². The zero-order chi connectivity index (χ0) is 13.6. The fourth-order valence-corrected chi connectivity index (χ4v) is 2.20. The van der Waals surface area contributed by atoms with Gasteiger partial charge < -0.3 is 19.3 Å². The minimum absolute atomic E-state index is 0.451. The van der Waals surface area contributed by atoms with Crippen molar-refractivity contribution in [1.82, 2.24) is 15.5 Å². The van der Waals surface area contributed by atoms with Crippen molar-refractivity contribution < 1.29 is 14.0 Å². The van der Waals surface area contributed by atoms with Gasteiger partial charge in [0.2, 0.25) is 11.7 Å². The average Bonchev–Trinajstić information content (AvgIpc) is 2.90. The molecule has 0 aliphatic carbocycles. The van der Waals surface area contributed by atoms with E-state index >= 15 is 0 Å². The SMILES string of the molecule is C=CCNCc1nc(C2(OCC)CCOCC2)no1. The molecule has 1 aromatic heterocycles. The van der Waals surface area contributed by atoms with Gasteiger partial charge in [-0.05, 0) is 6.92 Å². The van der Waals surface area contributed by atoms with E-state index in [1.165, 1.54) is 0 Å². The molecular formula is C13H21N3O3. The third-order valence-electron chi connectivity index (χ3n) is 3.16. The fraction of sp³-hybridized carbons (Fsp3) is 0.692. The molecule has 106 valence electrons. The van der Waals surface area contributed by atoms with E-state index in [-0.39, 0.29) is 0 Å². The summed E-state index contributed by atoms with van der Waals surface area (Å²) in [4.78, 5) is 4.44. The van der Waals surface area contributed by atoms with Crippen molar-refractivity contribution in [2.75, 3.05) is 26.4 Å². The molecule has 0 radical (unpaired) electrons. The molecular weight excluding hydrogens is 246 g/mol. The number of rotatable bonds is 7. The molecule has 2 rings (SSSR count). The Morgan fingerprint density at radius 3 is 2.95 bits per heavy atom. The van der Waals surface area contributed by atoms with Gasteiger partial charge in [0.1, 0.15) is 5.60 Å². The third kappa shape index (κ3) is 3.40. The summed E-state index contributed by atoms with van der Waals surface area (Å²) in [6.45, 7) is 8.82. The lowest BCUT2D eigenvalue weighted by Crippen LogP contribution is -2.37. The molecule has 1 saturated heterocycles. The number of hydrogen-bond acceptors (Lipinski definition) is 6. The lowest BCUT2D eigenvalue weighted by Gasteiger charge is -2.33. The molecule has 1 aliphatic heterocycles. The Hall–Kier alpha value is -1.24. The Kier molecular flexibility index (Phi) is 5.07. The molecule has 1 fully saturated rings. The van der Waals surface area contributed by atoms with Crippen LogP contribution in [0, 0.1) is 0 Å². The predicted molar refractivity (Wildman–Crippen MR) is 69.6 cm³/mol. The topological polar surface area (TPSA) is 69.4 Å². The first-order chi connectivity index (χ1) is 9.30. The molecule has 6 heteroatoms. The molecule has 0 bridgehead atoms. The average molecular weight is 267 g/mol. The first-order valence-electron chi connectivity index (χ1n) is 6.67. The molecule has 1 aromatic rings. The summed E-state index contributed by atoms with van der Waals surface area (Å²) in [5.41, 5.74) is -0.451. The quantitative estimate of drug-likeness (QED) is 0.594. The van der Waals surface area contributed by atoms with Gasteiger partial charge in [-0.2, -0.15) is 4.98 Å². The van der Waals surface area contributed by atoms with Gasteiger partial charge in [-0.15, -0.1) is 6.58 Å².